The molecule has 0 aliphatic carbocycles. The van der Waals surface area contributed by atoms with Crippen molar-refractivity contribution in [3.63, 3.8) is 0 Å². The van der Waals surface area contributed by atoms with E-state index in [1.54, 1.807) is 0 Å². The Hall–Kier alpha value is -3.52. The lowest BCUT2D eigenvalue weighted by atomic mass is 10.1. The third-order valence-corrected chi connectivity index (χ3v) is 5.73. The molecule has 0 bridgehead atoms. The zero-order valence-corrected chi connectivity index (χ0v) is 19.3. The molecule has 2 rings (SSSR count). The normalized spacial score (nSPS) is 17.9. The summed E-state index contributed by atoms with van der Waals surface area (Å²) in [7, 11) is 0. The number of aromatic amines is 1. The SMILES string of the molecule is NCCCCC(N)C(=O)N1CCCC1C(=O)NC(CC(=O)O)C(=O)NC(Cc1cnc[nH]1)C(=O)O. The van der Waals surface area contributed by atoms with E-state index in [9.17, 15) is 34.2 Å². The molecule has 9 N–H and O–H groups in total. The van der Waals surface area contributed by atoms with E-state index in [1.165, 1.54) is 17.4 Å². The number of imidazole rings is 1. The Labute approximate surface area is 201 Å². The molecule has 3 amide bonds. The first-order chi connectivity index (χ1) is 16.6. The predicted octanol–water partition coefficient (Wildman–Crippen LogP) is -2.07. The van der Waals surface area contributed by atoms with Gasteiger partial charge >= 0.3 is 11.9 Å². The number of nitrogens with one attached hydrogen (secondary N) is 3. The monoisotopic (exact) mass is 495 g/mol. The number of aliphatic carboxylic acids is 2. The molecule has 1 aromatic rings. The average Bonchev–Trinajstić information content (AvgIpc) is 3.49. The molecule has 1 saturated heterocycles. The van der Waals surface area contributed by atoms with E-state index in [0.29, 0.717) is 50.9 Å². The van der Waals surface area contributed by atoms with Gasteiger partial charge in [0.1, 0.15) is 18.1 Å². The van der Waals surface area contributed by atoms with Crippen LogP contribution < -0.4 is 22.1 Å². The second-order valence-corrected chi connectivity index (χ2v) is 8.42. The van der Waals surface area contributed by atoms with Crippen molar-refractivity contribution >= 4 is 29.7 Å². The lowest BCUT2D eigenvalue weighted by Gasteiger charge is -2.28. The van der Waals surface area contributed by atoms with E-state index in [4.69, 9.17) is 11.5 Å². The van der Waals surface area contributed by atoms with Gasteiger partial charge in [-0.2, -0.15) is 0 Å². The highest BCUT2D eigenvalue weighted by Gasteiger charge is 2.38. The highest BCUT2D eigenvalue weighted by molar-refractivity contribution is 5.95. The van der Waals surface area contributed by atoms with E-state index >= 15 is 0 Å². The van der Waals surface area contributed by atoms with Crippen molar-refractivity contribution in [1.82, 2.24) is 25.5 Å². The molecule has 0 saturated carbocycles. The van der Waals surface area contributed by atoms with Gasteiger partial charge in [0.2, 0.25) is 17.7 Å². The van der Waals surface area contributed by atoms with Crippen molar-refractivity contribution in [2.24, 2.45) is 11.5 Å². The van der Waals surface area contributed by atoms with Crippen LogP contribution in [0.3, 0.4) is 0 Å². The number of carbonyl (C=O) groups is 5. The molecule has 1 fully saturated rings. The molecular formula is C21H33N7O7. The number of hydrogen-bond donors (Lipinski definition) is 7. The van der Waals surface area contributed by atoms with Crippen LogP contribution in [0, 0.1) is 0 Å². The molecule has 4 atom stereocenters. The number of hydrogen-bond acceptors (Lipinski definition) is 8. The minimum absolute atomic E-state index is 0.123. The van der Waals surface area contributed by atoms with Crippen molar-refractivity contribution in [1.29, 1.82) is 0 Å². The van der Waals surface area contributed by atoms with Crippen molar-refractivity contribution in [3.8, 4) is 0 Å². The van der Waals surface area contributed by atoms with Crippen molar-refractivity contribution in [3.05, 3.63) is 18.2 Å². The smallest absolute Gasteiger partial charge is 0.326 e. The predicted molar refractivity (Wildman–Crippen MR) is 122 cm³/mol. The Morgan fingerprint density at radius 2 is 1.91 bits per heavy atom. The van der Waals surface area contributed by atoms with Gasteiger partial charge in [0.25, 0.3) is 0 Å². The van der Waals surface area contributed by atoms with Crippen LogP contribution in [0.5, 0.6) is 0 Å². The summed E-state index contributed by atoms with van der Waals surface area (Å²) >= 11 is 0. The van der Waals surface area contributed by atoms with Crippen molar-refractivity contribution in [2.75, 3.05) is 13.1 Å². The molecule has 0 spiro atoms. The number of likely N-dealkylation sites (tertiary alicyclic amines) is 1. The number of aromatic nitrogens is 2. The first-order valence-corrected chi connectivity index (χ1v) is 11.4. The highest BCUT2D eigenvalue weighted by atomic mass is 16.4. The standard InChI is InChI=1S/C21H33N7O7/c22-6-2-1-4-13(23)20(33)28-7-3-5-16(28)19(32)26-14(9-17(29)30)18(31)27-15(21(34)35)8-12-10-24-11-25-12/h10-11,13-16H,1-9,22-23H2,(H,24,25)(H,26,32)(H,27,31)(H,29,30)(H,34,35). The number of carboxylic acid groups (broad SMARTS) is 2. The van der Waals surface area contributed by atoms with Crippen LogP contribution in [0.25, 0.3) is 0 Å². The zero-order valence-electron chi connectivity index (χ0n) is 19.3. The van der Waals surface area contributed by atoms with E-state index in [-0.39, 0.29) is 6.42 Å². The molecule has 1 aromatic heterocycles. The van der Waals surface area contributed by atoms with Crippen LogP contribution in [0.2, 0.25) is 0 Å². The number of nitrogens with two attached hydrogens (primary N) is 2. The second kappa shape index (κ2) is 13.4. The fourth-order valence-electron chi connectivity index (χ4n) is 3.89. The van der Waals surface area contributed by atoms with E-state index in [0.717, 1.165) is 0 Å². The van der Waals surface area contributed by atoms with Crippen LogP contribution in [0.1, 0.15) is 44.2 Å². The Bertz CT molecular complexity index is 893. The maximum Gasteiger partial charge on any atom is 0.326 e. The molecule has 4 unspecified atom stereocenters. The number of rotatable bonds is 14. The summed E-state index contributed by atoms with van der Waals surface area (Å²) in [6, 6.07) is -4.63. The van der Waals surface area contributed by atoms with Crippen LogP contribution in [-0.2, 0) is 30.4 Å². The number of carbonyl (C=O) groups excluding carboxylic acids is 3. The Morgan fingerprint density at radius 3 is 2.51 bits per heavy atom. The lowest BCUT2D eigenvalue weighted by Crippen LogP contribution is -2.57. The zero-order chi connectivity index (χ0) is 26.0. The highest BCUT2D eigenvalue weighted by Crippen LogP contribution is 2.19. The summed E-state index contributed by atoms with van der Waals surface area (Å²) in [6.45, 7) is 0.788. The molecule has 1 aliphatic rings. The van der Waals surface area contributed by atoms with Gasteiger partial charge in [-0.25, -0.2) is 9.78 Å². The summed E-state index contributed by atoms with van der Waals surface area (Å²) in [4.78, 5) is 69.2. The first kappa shape index (κ1) is 27.7. The van der Waals surface area contributed by atoms with Crippen LogP contribution in [-0.4, -0.2) is 92.0 Å². The fraction of sp³-hybridized carbons (Fsp3) is 0.619. The third-order valence-electron chi connectivity index (χ3n) is 5.73. The minimum atomic E-state index is -1.54. The summed E-state index contributed by atoms with van der Waals surface area (Å²) in [5.74, 6) is -4.78. The van der Waals surface area contributed by atoms with Crippen molar-refractivity contribution < 1.29 is 34.2 Å². The maximum absolute atomic E-state index is 13.0. The van der Waals surface area contributed by atoms with E-state index in [1.807, 2.05) is 0 Å². The molecule has 1 aliphatic heterocycles. The summed E-state index contributed by atoms with van der Waals surface area (Å²) < 4.78 is 0. The van der Waals surface area contributed by atoms with Gasteiger partial charge in [0, 0.05) is 24.9 Å². The Morgan fingerprint density at radius 1 is 1.17 bits per heavy atom. The van der Waals surface area contributed by atoms with Gasteiger partial charge in [-0.15, -0.1) is 0 Å². The van der Waals surface area contributed by atoms with Crippen LogP contribution in [0.4, 0.5) is 0 Å². The number of amides is 3. The number of H-pyrrole nitrogens is 1. The van der Waals surface area contributed by atoms with E-state index in [2.05, 4.69) is 20.6 Å². The minimum Gasteiger partial charge on any atom is -0.481 e. The Balaban J connectivity index is 2.06. The van der Waals surface area contributed by atoms with Crippen LogP contribution in [0.15, 0.2) is 12.5 Å². The second-order valence-electron chi connectivity index (χ2n) is 8.42. The topological polar surface area (TPSA) is 234 Å². The van der Waals surface area contributed by atoms with Gasteiger partial charge in [0.05, 0.1) is 18.8 Å². The molecule has 194 valence electrons. The molecule has 0 aromatic carbocycles. The number of unbranched alkanes of at least 4 members (excludes halogenated alkanes) is 1. The first-order valence-electron chi connectivity index (χ1n) is 11.4. The number of carboxylic acids is 2. The molecule has 0 radical (unpaired) electrons. The van der Waals surface area contributed by atoms with Crippen LogP contribution >= 0.6 is 0 Å². The van der Waals surface area contributed by atoms with Crippen molar-refractivity contribution in [2.45, 2.75) is 69.1 Å². The summed E-state index contributed by atoms with van der Waals surface area (Å²) in [5.41, 5.74) is 11.9. The Kier molecular flexibility index (Phi) is 10.6. The molecule has 35 heavy (non-hydrogen) atoms. The van der Waals surface area contributed by atoms with Gasteiger partial charge in [0.15, 0.2) is 0 Å². The fourth-order valence-corrected chi connectivity index (χ4v) is 3.89. The van der Waals surface area contributed by atoms with Gasteiger partial charge in [-0.3, -0.25) is 19.2 Å². The average molecular weight is 496 g/mol. The lowest BCUT2D eigenvalue weighted by molar-refractivity contribution is -0.144. The maximum atomic E-state index is 13.0. The van der Waals surface area contributed by atoms with E-state index < -0.39 is 60.2 Å². The quantitative estimate of drug-likeness (QED) is 0.139. The van der Waals surface area contributed by atoms with Gasteiger partial charge in [-0.05, 0) is 32.2 Å². The van der Waals surface area contributed by atoms with Gasteiger partial charge in [-0.1, -0.05) is 6.42 Å². The molecule has 2 heterocycles. The largest absolute Gasteiger partial charge is 0.481 e. The summed E-state index contributed by atoms with van der Waals surface area (Å²) in [6.07, 6.45) is 4.51. The summed E-state index contributed by atoms with van der Waals surface area (Å²) in [5, 5.41) is 23.3. The number of nitrogens with zero attached hydrogens (tertiary/aromatic N) is 2. The molecule has 14 nitrogen and oxygen atoms in total. The van der Waals surface area contributed by atoms with Gasteiger partial charge < -0.3 is 42.2 Å². The molecular weight excluding hydrogens is 462 g/mol. The third kappa shape index (κ3) is 8.33. The molecule has 14 heteroatoms.